The molecule has 0 radical (unpaired) electrons. The van der Waals surface area contributed by atoms with Gasteiger partial charge in [-0.3, -0.25) is 9.78 Å². The van der Waals surface area contributed by atoms with Crippen molar-refractivity contribution in [2.45, 2.75) is 20.3 Å². The fraction of sp³-hybridized carbons (Fsp3) is 0.158. The first-order valence-corrected chi connectivity index (χ1v) is 7.97. The van der Waals surface area contributed by atoms with E-state index >= 15 is 0 Å². The molecule has 0 aromatic carbocycles. The molecule has 0 spiro atoms. The second-order valence-electron chi connectivity index (χ2n) is 5.96. The number of pyridine rings is 3. The summed E-state index contributed by atoms with van der Waals surface area (Å²) in [6.45, 7) is 3.50. The average molecular weight is 372 g/mol. The highest BCUT2D eigenvalue weighted by Gasteiger charge is 2.20. The van der Waals surface area contributed by atoms with E-state index in [4.69, 9.17) is 5.73 Å². The second-order valence-corrected chi connectivity index (χ2v) is 5.96. The van der Waals surface area contributed by atoms with Crippen LogP contribution in [0.2, 0.25) is 0 Å². The first kappa shape index (κ1) is 18.5. The van der Waals surface area contributed by atoms with Gasteiger partial charge in [0, 0.05) is 17.5 Å². The van der Waals surface area contributed by atoms with Gasteiger partial charge < -0.3 is 5.73 Å². The second kappa shape index (κ2) is 7.14. The molecule has 3 aromatic heterocycles. The van der Waals surface area contributed by atoms with Crippen LogP contribution in [0.5, 0.6) is 0 Å². The molecular weight excluding hydrogens is 357 g/mol. The van der Waals surface area contributed by atoms with E-state index in [-0.39, 0.29) is 17.1 Å². The Labute approximate surface area is 153 Å². The van der Waals surface area contributed by atoms with Crippen molar-refractivity contribution >= 4 is 5.91 Å². The van der Waals surface area contributed by atoms with Crippen LogP contribution in [0, 0.1) is 19.7 Å². The van der Waals surface area contributed by atoms with Gasteiger partial charge in [-0.15, -0.1) is 0 Å². The van der Waals surface area contributed by atoms with Crippen molar-refractivity contribution < 1.29 is 18.0 Å². The summed E-state index contributed by atoms with van der Waals surface area (Å²) in [7, 11) is 0. The maximum atomic E-state index is 13.6. The Morgan fingerprint density at radius 1 is 1.11 bits per heavy atom. The van der Waals surface area contributed by atoms with Crippen molar-refractivity contribution in [3.8, 4) is 22.5 Å². The summed E-state index contributed by atoms with van der Waals surface area (Å²) >= 11 is 0. The van der Waals surface area contributed by atoms with Gasteiger partial charge in [0.2, 0.25) is 0 Å². The molecule has 5 nitrogen and oxygen atoms in total. The zero-order valence-corrected chi connectivity index (χ0v) is 14.5. The van der Waals surface area contributed by atoms with Gasteiger partial charge in [-0.05, 0) is 55.3 Å². The number of hydrogen-bond donors (Lipinski definition) is 1. The molecule has 2 N–H and O–H groups in total. The third-order valence-corrected chi connectivity index (χ3v) is 3.98. The zero-order valence-electron chi connectivity index (χ0n) is 14.5. The van der Waals surface area contributed by atoms with Gasteiger partial charge in [0.25, 0.3) is 12.3 Å². The molecule has 27 heavy (non-hydrogen) atoms. The number of carbonyl (C=O) groups is 1. The predicted molar refractivity (Wildman–Crippen MR) is 93.6 cm³/mol. The van der Waals surface area contributed by atoms with E-state index in [0.29, 0.717) is 16.8 Å². The molecule has 0 aliphatic heterocycles. The number of aromatic nitrogens is 3. The summed E-state index contributed by atoms with van der Waals surface area (Å²) < 4.78 is 39.7. The SMILES string of the molecule is Cc1cc(-c2c(C)ccnc2-c2ccc(F)c(C(F)F)n2)cc(C(N)=O)n1. The number of nitrogens with zero attached hydrogens (tertiary/aromatic N) is 3. The minimum atomic E-state index is -3.05. The number of halogens is 3. The number of carbonyl (C=O) groups excluding carboxylic acids is 1. The Morgan fingerprint density at radius 2 is 1.85 bits per heavy atom. The maximum absolute atomic E-state index is 13.6. The zero-order chi connectivity index (χ0) is 19.7. The number of amides is 1. The predicted octanol–water partition coefficient (Wildman–Crippen LogP) is 4.00. The molecule has 0 aliphatic carbocycles. The van der Waals surface area contributed by atoms with Crippen molar-refractivity contribution in [3.05, 3.63) is 65.0 Å². The summed E-state index contributed by atoms with van der Waals surface area (Å²) in [5, 5.41) is 0. The number of rotatable bonds is 4. The minimum Gasteiger partial charge on any atom is -0.364 e. The van der Waals surface area contributed by atoms with Crippen molar-refractivity contribution in [1.29, 1.82) is 0 Å². The largest absolute Gasteiger partial charge is 0.364 e. The molecule has 0 aliphatic rings. The topological polar surface area (TPSA) is 81.8 Å². The molecule has 1 amide bonds. The molecule has 0 saturated carbocycles. The lowest BCUT2D eigenvalue weighted by atomic mass is 9.96. The number of alkyl halides is 2. The van der Waals surface area contributed by atoms with Crippen LogP contribution in [0.1, 0.15) is 33.9 Å². The van der Waals surface area contributed by atoms with E-state index in [1.807, 2.05) is 0 Å². The Kier molecular flexibility index (Phi) is 4.89. The van der Waals surface area contributed by atoms with Crippen LogP contribution < -0.4 is 5.73 Å². The summed E-state index contributed by atoms with van der Waals surface area (Å²) in [5.74, 6) is -1.78. The smallest absolute Gasteiger partial charge is 0.283 e. The van der Waals surface area contributed by atoms with Crippen LogP contribution in [-0.2, 0) is 0 Å². The van der Waals surface area contributed by atoms with Crippen molar-refractivity contribution in [1.82, 2.24) is 15.0 Å². The van der Waals surface area contributed by atoms with Crippen LogP contribution >= 0.6 is 0 Å². The molecule has 138 valence electrons. The standard InChI is InChI=1S/C19H15F3N4O/c1-9-5-6-24-17(13-4-3-12(20)16(26-13)18(21)22)15(9)11-7-10(2)25-14(8-11)19(23)27/h3-8,18H,1-2H3,(H2,23,27). The van der Waals surface area contributed by atoms with Gasteiger partial charge in [-0.25, -0.2) is 23.1 Å². The lowest BCUT2D eigenvalue weighted by Crippen LogP contribution is -2.13. The highest BCUT2D eigenvalue weighted by molar-refractivity contribution is 5.93. The minimum absolute atomic E-state index is 0.0690. The van der Waals surface area contributed by atoms with Crippen molar-refractivity contribution in [2.75, 3.05) is 0 Å². The van der Waals surface area contributed by atoms with Crippen molar-refractivity contribution in [2.24, 2.45) is 5.73 Å². The Morgan fingerprint density at radius 3 is 2.52 bits per heavy atom. The van der Waals surface area contributed by atoms with Gasteiger partial charge in [-0.1, -0.05) is 0 Å². The van der Waals surface area contributed by atoms with E-state index in [0.717, 1.165) is 11.6 Å². The van der Waals surface area contributed by atoms with Crippen LogP contribution in [0.15, 0.2) is 36.5 Å². The quantitative estimate of drug-likeness (QED) is 0.751. The molecule has 3 heterocycles. The third-order valence-electron chi connectivity index (χ3n) is 3.98. The van der Waals surface area contributed by atoms with E-state index in [2.05, 4.69) is 15.0 Å². The van der Waals surface area contributed by atoms with Gasteiger partial charge in [0.15, 0.2) is 5.82 Å². The molecule has 0 unspecified atom stereocenters. The Bertz CT molecular complexity index is 1040. The van der Waals surface area contributed by atoms with Gasteiger partial charge in [0.05, 0.1) is 11.4 Å². The summed E-state index contributed by atoms with van der Waals surface area (Å²) in [5.41, 5.74) is 7.33. The number of nitrogens with two attached hydrogens (primary N) is 1. The molecular formula is C19H15F3N4O. The number of primary amides is 1. The normalized spacial score (nSPS) is 11.0. The molecule has 3 aromatic rings. The van der Waals surface area contributed by atoms with Gasteiger partial charge in [0.1, 0.15) is 11.4 Å². The fourth-order valence-electron chi connectivity index (χ4n) is 2.80. The van der Waals surface area contributed by atoms with Gasteiger partial charge >= 0.3 is 0 Å². The van der Waals surface area contributed by atoms with Crippen LogP contribution in [0.25, 0.3) is 22.5 Å². The summed E-state index contributed by atoms with van der Waals surface area (Å²) in [6, 6.07) is 7.17. The molecule has 0 bridgehead atoms. The summed E-state index contributed by atoms with van der Waals surface area (Å²) in [6.07, 6.45) is -1.55. The Balaban J connectivity index is 2.26. The lowest BCUT2D eigenvalue weighted by molar-refractivity contribution is 0.0995. The Hall–Kier alpha value is -3.29. The highest BCUT2D eigenvalue weighted by Crippen LogP contribution is 2.34. The molecule has 0 fully saturated rings. The number of aryl methyl sites for hydroxylation is 2. The van der Waals surface area contributed by atoms with E-state index in [1.165, 1.54) is 18.3 Å². The fourth-order valence-corrected chi connectivity index (χ4v) is 2.80. The lowest BCUT2D eigenvalue weighted by Gasteiger charge is -2.14. The number of hydrogen-bond acceptors (Lipinski definition) is 4. The molecule has 0 saturated heterocycles. The average Bonchev–Trinajstić information content (AvgIpc) is 2.61. The third kappa shape index (κ3) is 3.64. The van der Waals surface area contributed by atoms with E-state index in [9.17, 15) is 18.0 Å². The van der Waals surface area contributed by atoms with Crippen LogP contribution in [-0.4, -0.2) is 20.9 Å². The van der Waals surface area contributed by atoms with Crippen LogP contribution in [0.3, 0.4) is 0 Å². The van der Waals surface area contributed by atoms with Crippen LogP contribution in [0.4, 0.5) is 13.2 Å². The molecule has 0 atom stereocenters. The van der Waals surface area contributed by atoms with E-state index in [1.54, 1.807) is 26.0 Å². The highest BCUT2D eigenvalue weighted by atomic mass is 19.3. The summed E-state index contributed by atoms with van der Waals surface area (Å²) in [4.78, 5) is 23.6. The maximum Gasteiger partial charge on any atom is 0.283 e. The molecule has 3 rings (SSSR count). The van der Waals surface area contributed by atoms with Crippen molar-refractivity contribution in [3.63, 3.8) is 0 Å². The monoisotopic (exact) mass is 372 g/mol. The van der Waals surface area contributed by atoms with E-state index < -0.39 is 23.8 Å². The first-order chi connectivity index (χ1) is 12.8. The van der Waals surface area contributed by atoms with Gasteiger partial charge in [-0.2, -0.15) is 0 Å². The first-order valence-electron chi connectivity index (χ1n) is 7.97. The molecule has 8 heteroatoms.